The maximum absolute atomic E-state index is 12.0. The quantitative estimate of drug-likeness (QED) is 0.592. The molecule has 3 aromatic heterocycles. The van der Waals surface area contributed by atoms with Crippen LogP contribution in [-0.4, -0.2) is 25.7 Å². The van der Waals surface area contributed by atoms with Crippen LogP contribution < -0.4 is 5.32 Å². The van der Waals surface area contributed by atoms with Crippen LogP contribution in [0.2, 0.25) is 0 Å². The Morgan fingerprint density at radius 1 is 1.19 bits per heavy atom. The van der Waals surface area contributed by atoms with E-state index >= 15 is 0 Å². The summed E-state index contributed by atoms with van der Waals surface area (Å²) >= 11 is 0. The molecule has 0 aliphatic heterocycles. The van der Waals surface area contributed by atoms with Gasteiger partial charge >= 0.3 is 0 Å². The molecule has 5 rings (SSSR count). The Hall–Kier alpha value is -3.41. The Bertz CT molecular complexity index is 1090. The number of hydrogen-bond donors (Lipinski definition) is 2. The van der Waals surface area contributed by atoms with E-state index in [1.54, 1.807) is 12.4 Å². The molecule has 0 unspecified atom stereocenters. The van der Waals surface area contributed by atoms with Crippen LogP contribution in [-0.2, 0) is 4.79 Å². The maximum Gasteiger partial charge on any atom is 0.228 e. The molecular weight excluding hydrogens is 326 g/mol. The molecule has 0 radical (unpaired) electrons. The number of anilines is 1. The first-order chi connectivity index (χ1) is 12.8. The van der Waals surface area contributed by atoms with Gasteiger partial charge in [0.25, 0.3) is 0 Å². The van der Waals surface area contributed by atoms with E-state index < -0.39 is 0 Å². The van der Waals surface area contributed by atoms with Gasteiger partial charge in [0.05, 0.1) is 11.2 Å². The van der Waals surface area contributed by atoms with Crippen molar-refractivity contribution in [1.29, 1.82) is 0 Å². The third kappa shape index (κ3) is 2.56. The lowest BCUT2D eigenvalue weighted by Crippen LogP contribution is -2.14. The van der Waals surface area contributed by atoms with Crippen LogP contribution in [0.15, 0.2) is 61.2 Å². The second-order valence-corrected chi connectivity index (χ2v) is 6.55. The second kappa shape index (κ2) is 5.84. The van der Waals surface area contributed by atoms with Crippen molar-refractivity contribution in [3.05, 3.63) is 61.2 Å². The second-order valence-electron chi connectivity index (χ2n) is 6.55. The van der Waals surface area contributed by atoms with Crippen molar-refractivity contribution in [3.8, 4) is 16.8 Å². The van der Waals surface area contributed by atoms with Gasteiger partial charge in [0.1, 0.15) is 5.82 Å². The number of amides is 1. The first kappa shape index (κ1) is 14.9. The predicted octanol–water partition coefficient (Wildman–Crippen LogP) is 3.76. The highest BCUT2D eigenvalue weighted by Crippen LogP contribution is 2.33. The number of H-pyrrole nitrogens is 1. The lowest BCUT2D eigenvalue weighted by molar-refractivity contribution is -0.117. The number of rotatable bonds is 4. The van der Waals surface area contributed by atoms with Gasteiger partial charge in [0, 0.05) is 41.7 Å². The van der Waals surface area contributed by atoms with Gasteiger partial charge in [-0.25, -0.2) is 9.67 Å². The number of benzene rings is 1. The Morgan fingerprint density at radius 2 is 2.12 bits per heavy atom. The van der Waals surface area contributed by atoms with E-state index in [2.05, 4.69) is 26.4 Å². The van der Waals surface area contributed by atoms with Crippen LogP contribution in [0.25, 0.3) is 27.7 Å². The number of nitrogens with zero attached hydrogens (tertiary/aromatic N) is 3. The number of nitrogens with one attached hydrogen (secondary N) is 2. The van der Waals surface area contributed by atoms with Crippen LogP contribution in [0.1, 0.15) is 12.8 Å². The normalized spacial score (nSPS) is 13.8. The van der Waals surface area contributed by atoms with Gasteiger partial charge in [0.15, 0.2) is 0 Å². The molecule has 1 aromatic carbocycles. The zero-order chi connectivity index (χ0) is 17.5. The van der Waals surface area contributed by atoms with E-state index in [1.807, 2.05) is 47.4 Å². The van der Waals surface area contributed by atoms with Gasteiger partial charge in [-0.05, 0) is 42.7 Å². The van der Waals surface area contributed by atoms with Gasteiger partial charge in [-0.15, -0.1) is 0 Å². The lowest BCUT2D eigenvalue weighted by Gasteiger charge is -2.06. The molecule has 0 bridgehead atoms. The number of aromatic amines is 1. The Labute approximate surface area is 149 Å². The minimum absolute atomic E-state index is 0.0644. The molecule has 4 aromatic rings. The van der Waals surface area contributed by atoms with E-state index in [-0.39, 0.29) is 11.8 Å². The average molecular weight is 343 g/mol. The molecule has 3 heterocycles. The summed E-state index contributed by atoms with van der Waals surface area (Å²) in [6.07, 6.45) is 9.36. The van der Waals surface area contributed by atoms with Gasteiger partial charge < -0.3 is 10.3 Å². The van der Waals surface area contributed by atoms with Crippen LogP contribution in [0.4, 0.5) is 5.82 Å². The Morgan fingerprint density at radius 3 is 2.92 bits per heavy atom. The Kier molecular flexibility index (Phi) is 3.35. The third-order valence-electron chi connectivity index (χ3n) is 4.72. The number of carbonyl (C=O) groups excluding carboxylic acids is 1. The molecule has 1 fully saturated rings. The zero-order valence-electron chi connectivity index (χ0n) is 14.0. The molecule has 1 aliphatic carbocycles. The van der Waals surface area contributed by atoms with E-state index in [4.69, 9.17) is 0 Å². The van der Waals surface area contributed by atoms with Gasteiger partial charge in [-0.3, -0.25) is 4.79 Å². The molecule has 6 nitrogen and oxygen atoms in total. The summed E-state index contributed by atoms with van der Waals surface area (Å²) in [7, 11) is 0. The molecule has 1 aliphatic rings. The van der Waals surface area contributed by atoms with E-state index in [0.717, 1.165) is 40.6 Å². The topological polar surface area (TPSA) is 75.6 Å². The van der Waals surface area contributed by atoms with Crippen LogP contribution >= 0.6 is 0 Å². The third-order valence-corrected chi connectivity index (χ3v) is 4.72. The van der Waals surface area contributed by atoms with Crippen molar-refractivity contribution in [1.82, 2.24) is 19.7 Å². The van der Waals surface area contributed by atoms with E-state index in [1.165, 1.54) is 0 Å². The summed E-state index contributed by atoms with van der Waals surface area (Å²) in [4.78, 5) is 19.6. The molecule has 0 saturated heterocycles. The first-order valence-corrected chi connectivity index (χ1v) is 8.67. The van der Waals surface area contributed by atoms with Crippen molar-refractivity contribution < 1.29 is 4.79 Å². The SMILES string of the molecule is O=C(Nc1cc(-c2c[nH]c3c(-n4cccn4)cccc23)ccn1)C1CC1. The fraction of sp³-hybridized carbons (Fsp3) is 0.150. The smallest absolute Gasteiger partial charge is 0.228 e. The highest BCUT2D eigenvalue weighted by molar-refractivity contribution is 6.00. The van der Waals surface area contributed by atoms with Gasteiger partial charge in [-0.2, -0.15) is 5.10 Å². The van der Waals surface area contributed by atoms with E-state index in [0.29, 0.717) is 5.82 Å². The molecule has 128 valence electrons. The lowest BCUT2D eigenvalue weighted by atomic mass is 10.1. The van der Waals surface area contributed by atoms with Crippen LogP contribution in [0.5, 0.6) is 0 Å². The minimum atomic E-state index is 0.0644. The van der Waals surface area contributed by atoms with Gasteiger partial charge in [0.2, 0.25) is 5.91 Å². The number of fused-ring (bicyclic) bond motifs is 1. The number of para-hydroxylation sites is 1. The number of hydrogen-bond acceptors (Lipinski definition) is 3. The van der Waals surface area contributed by atoms with Crippen molar-refractivity contribution in [3.63, 3.8) is 0 Å². The molecule has 0 spiro atoms. The largest absolute Gasteiger partial charge is 0.359 e. The predicted molar refractivity (Wildman–Crippen MR) is 100 cm³/mol. The molecule has 2 N–H and O–H groups in total. The van der Waals surface area contributed by atoms with E-state index in [9.17, 15) is 4.79 Å². The average Bonchev–Trinajstić information content (AvgIpc) is 3.20. The first-order valence-electron chi connectivity index (χ1n) is 8.67. The Balaban J connectivity index is 1.55. The van der Waals surface area contributed by atoms with Crippen molar-refractivity contribution in [2.45, 2.75) is 12.8 Å². The fourth-order valence-electron chi connectivity index (χ4n) is 3.22. The fourth-order valence-corrected chi connectivity index (χ4v) is 3.22. The van der Waals surface area contributed by atoms with Gasteiger partial charge in [-0.1, -0.05) is 12.1 Å². The molecule has 6 heteroatoms. The highest BCUT2D eigenvalue weighted by Gasteiger charge is 2.29. The summed E-state index contributed by atoms with van der Waals surface area (Å²) < 4.78 is 1.84. The molecule has 26 heavy (non-hydrogen) atoms. The van der Waals surface area contributed by atoms with Crippen LogP contribution in [0.3, 0.4) is 0 Å². The van der Waals surface area contributed by atoms with Crippen molar-refractivity contribution in [2.75, 3.05) is 5.32 Å². The summed E-state index contributed by atoms with van der Waals surface area (Å²) in [6.45, 7) is 0. The molecule has 1 saturated carbocycles. The van der Waals surface area contributed by atoms with Crippen LogP contribution in [0, 0.1) is 5.92 Å². The molecule has 0 atom stereocenters. The minimum Gasteiger partial charge on any atom is -0.359 e. The standard InChI is InChI=1S/C20H17N5O/c26-20(13-5-6-13)24-18-11-14(7-9-21-18)16-12-22-19-15(16)3-1-4-17(19)25-10-2-8-23-25/h1-4,7-13,22H,5-6H2,(H,21,24,26). The molecular formula is C20H17N5O. The molecule has 1 amide bonds. The summed E-state index contributed by atoms with van der Waals surface area (Å²) in [5.41, 5.74) is 4.09. The summed E-state index contributed by atoms with van der Waals surface area (Å²) in [6, 6.07) is 11.9. The summed E-state index contributed by atoms with van der Waals surface area (Å²) in [5, 5.41) is 8.34. The highest BCUT2D eigenvalue weighted by atomic mass is 16.2. The van der Waals surface area contributed by atoms with Crippen molar-refractivity contribution in [2.24, 2.45) is 5.92 Å². The number of carbonyl (C=O) groups is 1. The zero-order valence-corrected chi connectivity index (χ0v) is 14.0. The maximum atomic E-state index is 12.0. The van der Waals surface area contributed by atoms with Crippen molar-refractivity contribution >= 4 is 22.6 Å². The monoisotopic (exact) mass is 343 g/mol. The number of aromatic nitrogens is 4. The number of pyridine rings is 1. The summed E-state index contributed by atoms with van der Waals surface area (Å²) in [5.74, 6) is 0.816.